The van der Waals surface area contributed by atoms with Crippen molar-refractivity contribution < 1.29 is 0 Å². The molecule has 0 radical (unpaired) electrons. The fourth-order valence-electron chi connectivity index (χ4n) is 2.23. The lowest BCUT2D eigenvalue weighted by atomic mass is 10.1. The molecule has 2 aromatic heterocycles. The van der Waals surface area contributed by atoms with Crippen molar-refractivity contribution in [2.24, 2.45) is 0 Å². The Kier molecular flexibility index (Phi) is 2.25. The largest absolute Gasteiger partial charge is 0.350 e. The molecule has 5 nitrogen and oxygen atoms in total. The average Bonchev–Trinajstić information content (AvgIpc) is 2.69. The number of hydrogen-bond acceptors (Lipinski definition) is 3. The van der Waals surface area contributed by atoms with Gasteiger partial charge in [0.25, 0.3) is 0 Å². The van der Waals surface area contributed by atoms with E-state index >= 15 is 0 Å². The van der Waals surface area contributed by atoms with Gasteiger partial charge in [0, 0.05) is 6.20 Å². The normalized spacial score (nSPS) is 18.0. The molecule has 0 spiro atoms. The zero-order valence-corrected chi connectivity index (χ0v) is 8.97. The van der Waals surface area contributed by atoms with Crippen molar-refractivity contribution >= 4 is 5.65 Å². The minimum absolute atomic E-state index is 0.0255. The lowest BCUT2D eigenvalue weighted by Gasteiger charge is -2.21. The number of nitrogens with one attached hydrogen (secondary N) is 1. The number of rotatable bonds is 1. The summed E-state index contributed by atoms with van der Waals surface area (Å²) >= 11 is 0. The van der Waals surface area contributed by atoms with Gasteiger partial charge >= 0.3 is 5.69 Å². The molecule has 3 rings (SSSR count). The highest BCUT2D eigenvalue weighted by Gasteiger charge is 2.19. The molecule has 0 bridgehead atoms. The molecular formula is C11H14N4O. The first-order valence-corrected chi connectivity index (χ1v) is 5.63. The highest BCUT2D eigenvalue weighted by Crippen LogP contribution is 2.15. The first-order valence-electron chi connectivity index (χ1n) is 5.63. The highest BCUT2D eigenvalue weighted by molar-refractivity contribution is 5.35. The number of fused-ring (bicyclic) bond motifs is 1. The van der Waals surface area contributed by atoms with Crippen molar-refractivity contribution in [2.45, 2.75) is 18.9 Å². The molecular weight excluding hydrogens is 204 g/mol. The van der Waals surface area contributed by atoms with Gasteiger partial charge in [-0.2, -0.15) is 0 Å². The average molecular weight is 218 g/mol. The third kappa shape index (κ3) is 1.44. The van der Waals surface area contributed by atoms with Crippen molar-refractivity contribution in [2.75, 3.05) is 13.1 Å². The molecule has 0 aromatic carbocycles. The fourth-order valence-corrected chi connectivity index (χ4v) is 2.23. The Bertz CT molecular complexity index is 550. The third-order valence-corrected chi connectivity index (χ3v) is 3.11. The second-order valence-corrected chi connectivity index (χ2v) is 4.14. The SMILES string of the molecule is O=c1n(C2CCNCC2)nc2ccccn12. The van der Waals surface area contributed by atoms with Crippen LogP contribution in [0.25, 0.3) is 5.65 Å². The van der Waals surface area contributed by atoms with Crippen molar-refractivity contribution in [1.29, 1.82) is 0 Å². The Morgan fingerprint density at radius 3 is 2.88 bits per heavy atom. The number of hydrogen-bond donors (Lipinski definition) is 1. The lowest BCUT2D eigenvalue weighted by molar-refractivity contribution is 0.336. The minimum atomic E-state index is -0.0255. The van der Waals surface area contributed by atoms with Crippen LogP contribution in [-0.4, -0.2) is 27.3 Å². The van der Waals surface area contributed by atoms with Gasteiger partial charge in [-0.1, -0.05) is 6.07 Å². The summed E-state index contributed by atoms with van der Waals surface area (Å²) in [6.45, 7) is 1.93. The molecule has 84 valence electrons. The van der Waals surface area contributed by atoms with Gasteiger partial charge in [0.15, 0.2) is 5.65 Å². The maximum atomic E-state index is 12.1. The molecule has 0 amide bonds. The summed E-state index contributed by atoms with van der Waals surface area (Å²) in [6, 6.07) is 5.85. The first-order chi connectivity index (χ1) is 7.86. The van der Waals surface area contributed by atoms with E-state index in [2.05, 4.69) is 10.4 Å². The molecule has 0 atom stereocenters. The third-order valence-electron chi connectivity index (χ3n) is 3.11. The van der Waals surface area contributed by atoms with Crippen molar-refractivity contribution in [3.63, 3.8) is 0 Å². The van der Waals surface area contributed by atoms with Gasteiger partial charge in [0.05, 0.1) is 6.04 Å². The zero-order valence-electron chi connectivity index (χ0n) is 8.97. The number of piperidine rings is 1. The van der Waals surface area contributed by atoms with Crippen LogP contribution in [0.5, 0.6) is 0 Å². The van der Waals surface area contributed by atoms with Gasteiger partial charge in [-0.25, -0.2) is 9.48 Å². The standard InChI is InChI=1S/C11H14N4O/c16-11-14-8-2-1-3-10(14)13-15(11)9-4-6-12-7-5-9/h1-3,8-9,12H,4-7H2. The number of aromatic nitrogens is 3. The molecule has 5 heteroatoms. The van der Waals surface area contributed by atoms with Crippen molar-refractivity contribution in [3.05, 3.63) is 34.9 Å². The van der Waals surface area contributed by atoms with Crippen LogP contribution in [0.4, 0.5) is 0 Å². The Morgan fingerprint density at radius 1 is 1.31 bits per heavy atom. The molecule has 0 unspecified atom stereocenters. The topological polar surface area (TPSA) is 51.3 Å². The highest BCUT2D eigenvalue weighted by atomic mass is 16.2. The van der Waals surface area contributed by atoms with Gasteiger partial charge in [-0.15, -0.1) is 5.10 Å². The molecule has 0 aliphatic carbocycles. The van der Waals surface area contributed by atoms with Crippen LogP contribution in [-0.2, 0) is 0 Å². The minimum Gasteiger partial charge on any atom is -0.317 e. The second-order valence-electron chi connectivity index (χ2n) is 4.14. The molecule has 2 aromatic rings. The maximum Gasteiger partial charge on any atom is 0.350 e. The summed E-state index contributed by atoms with van der Waals surface area (Å²) in [6.07, 6.45) is 3.72. The van der Waals surface area contributed by atoms with Gasteiger partial charge in [-0.3, -0.25) is 4.40 Å². The molecule has 1 fully saturated rings. The smallest absolute Gasteiger partial charge is 0.317 e. The summed E-state index contributed by atoms with van der Waals surface area (Å²) in [7, 11) is 0. The molecule has 1 saturated heterocycles. The summed E-state index contributed by atoms with van der Waals surface area (Å²) in [5.74, 6) is 0. The summed E-state index contributed by atoms with van der Waals surface area (Å²) < 4.78 is 3.23. The monoisotopic (exact) mass is 218 g/mol. The van der Waals surface area contributed by atoms with E-state index in [0.29, 0.717) is 0 Å². The summed E-state index contributed by atoms with van der Waals surface area (Å²) in [5.41, 5.74) is 0.702. The zero-order chi connectivity index (χ0) is 11.0. The van der Waals surface area contributed by atoms with Crippen LogP contribution < -0.4 is 11.0 Å². The van der Waals surface area contributed by atoms with E-state index in [1.54, 1.807) is 15.3 Å². The van der Waals surface area contributed by atoms with Gasteiger partial charge in [0.2, 0.25) is 0 Å². The van der Waals surface area contributed by atoms with Gasteiger partial charge in [0.1, 0.15) is 0 Å². The first kappa shape index (κ1) is 9.59. The quantitative estimate of drug-likeness (QED) is 0.754. The maximum absolute atomic E-state index is 12.1. The van der Waals surface area contributed by atoms with Crippen molar-refractivity contribution in [3.8, 4) is 0 Å². The summed E-state index contributed by atoms with van der Waals surface area (Å²) in [4.78, 5) is 12.1. The Balaban J connectivity index is 2.09. The molecule has 3 heterocycles. The predicted molar refractivity (Wildman–Crippen MR) is 60.6 cm³/mol. The van der Waals surface area contributed by atoms with Crippen LogP contribution in [0.3, 0.4) is 0 Å². The fraction of sp³-hybridized carbons (Fsp3) is 0.455. The lowest BCUT2D eigenvalue weighted by Crippen LogP contribution is -2.34. The van der Waals surface area contributed by atoms with Gasteiger partial charge < -0.3 is 5.32 Å². The van der Waals surface area contributed by atoms with Crippen LogP contribution >= 0.6 is 0 Å². The van der Waals surface area contributed by atoms with E-state index in [0.717, 1.165) is 31.6 Å². The number of pyridine rings is 1. The molecule has 0 saturated carbocycles. The van der Waals surface area contributed by atoms with Crippen molar-refractivity contribution in [1.82, 2.24) is 19.5 Å². The molecule has 1 N–H and O–H groups in total. The second kappa shape index (κ2) is 3.75. The van der Waals surface area contributed by atoms with E-state index in [9.17, 15) is 4.79 Å². The Labute approximate surface area is 92.7 Å². The molecule has 1 aliphatic heterocycles. The Morgan fingerprint density at radius 2 is 2.12 bits per heavy atom. The van der Waals surface area contributed by atoms with E-state index in [1.165, 1.54) is 0 Å². The van der Waals surface area contributed by atoms with E-state index in [-0.39, 0.29) is 11.7 Å². The van der Waals surface area contributed by atoms with Crippen LogP contribution in [0.15, 0.2) is 29.2 Å². The van der Waals surface area contributed by atoms with Crippen LogP contribution in [0, 0.1) is 0 Å². The van der Waals surface area contributed by atoms with Gasteiger partial charge in [-0.05, 0) is 38.1 Å². The predicted octanol–water partition coefficient (Wildman–Crippen LogP) is 0.420. The summed E-state index contributed by atoms with van der Waals surface area (Å²) in [5, 5.41) is 7.66. The van der Waals surface area contributed by atoms with E-state index < -0.39 is 0 Å². The Hall–Kier alpha value is -1.62. The van der Waals surface area contributed by atoms with Crippen LogP contribution in [0.1, 0.15) is 18.9 Å². The van der Waals surface area contributed by atoms with E-state index in [1.807, 2.05) is 18.2 Å². The molecule has 1 aliphatic rings. The number of nitrogens with zero attached hydrogens (tertiary/aromatic N) is 3. The van der Waals surface area contributed by atoms with Crippen LogP contribution in [0.2, 0.25) is 0 Å². The molecule has 16 heavy (non-hydrogen) atoms. The van der Waals surface area contributed by atoms with E-state index in [4.69, 9.17) is 0 Å².